The molecule has 2 rings (SSSR count). The zero-order chi connectivity index (χ0) is 24.1. The van der Waals surface area contributed by atoms with Gasteiger partial charge in [-0.15, -0.1) is 0 Å². The van der Waals surface area contributed by atoms with Gasteiger partial charge in [0.05, 0.1) is 12.3 Å². The number of nitrogens with zero attached hydrogens (tertiary/aromatic N) is 1. The molecule has 0 unspecified atom stereocenters. The number of unbranched alkanes of at least 4 members (excludes halogenated alkanes) is 11. The zero-order valence-electron chi connectivity index (χ0n) is 22.0. The average Bonchev–Trinajstić information content (AvgIpc) is 2.87. The second-order valence-corrected chi connectivity index (χ2v) is 9.53. The molecule has 0 fully saturated rings. The highest BCUT2D eigenvalue weighted by Crippen LogP contribution is 2.21. The first-order valence-electron chi connectivity index (χ1n) is 14.1. The van der Waals surface area contributed by atoms with Crippen molar-refractivity contribution in [2.24, 2.45) is 0 Å². The third-order valence-electron chi connectivity index (χ3n) is 6.39. The van der Waals surface area contributed by atoms with Gasteiger partial charge in [-0.2, -0.15) is 0 Å². The van der Waals surface area contributed by atoms with E-state index in [0.29, 0.717) is 0 Å². The third-order valence-corrected chi connectivity index (χ3v) is 6.39. The Morgan fingerprint density at radius 2 is 1.18 bits per heavy atom. The van der Waals surface area contributed by atoms with Gasteiger partial charge >= 0.3 is 0 Å². The summed E-state index contributed by atoms with van der Waals surface area (Å²) in [6.45, 7) is 7.08. The molecule has 3 heteroatoms. The Morgan fingerprint density at radius 3 is 1.79 bits per heavy atom. The number of aryl methyl sites for hydroxylation is 1. The van der Waals surface area contributed by atoms with Crippen LogP contribution in [0.2, 0.25) is 0 Å². The van der Waals surface area contributed by atoms with Crippen molar-refractivity contribution in [3.05, 3.63) is 48.2 Å². The number of rotatable bonds is 21. The van der Waals surface area contributed by atoms with E-state index in [0.717, 1.165) is 56.1 Å². The topological polar surface area (TPSA) is 31.4 Å². The Labute approximate surface area is 209 Å². The molecular formula is C31H49NO2. The molecule has 34 heavy (non-hydrogen) atoms. The predicted octanol–water partition coefficient (Wildman–Crippen LogP) is 9.19. The molecule has 3 nitrogen and oxygen atoms in total. The van der Waals surface area contributed by atoms with Crippen LogP contribution in [0.15, 0.2) is 42.6 Å². The lowest BCUT2D eigenvalue weighted by Crippen LogP contribution is -1.99. The van der Waals surface area contributed by atoms with Crippen molar-refractivity contribution in [1.29, 1.82) is 0 Å². The first-order valence-corrected chi connectivity index (χ1v) is 14.1. The first kappa shape index (κ1) is 28.4. The molecule has 1 aromatic heterocycles. The van der Waals surface area contributed by atoms with E-state index in [1.807, 2.05) is 6.20 Å². The molecule has 190 valence electrons. The Bertz CT molecular complexity index is 711. The van der Waals surface area contributed by atoms with Gasteiger partial charge < -0.3 is 9.47 Å². The summed E-state index contributed by atoms with van der Waals surface area (Å²) in [5.74, 6) is 0.951. The second-order valence-electron chi connectivity index (χ2n) is 9.53. The standard InChI is InChI=1S/C31H49NO2/c1-3-5-7-9-11-13-15-26-34-30-21-19-29(20-22-30)31-23-18-28(27-32-31)17-16-25-33-24-14-12-10-8-6-4-2/h18-23,27H,3-17,24-26H2,1-2H3. The van der Waals surface area contributed by atoms with Crippen molar-refractivity contribution in [1.82, 2.24) is 4.98 Å². The van der Waals surface area contributed by atoms with E-state index >= 15 is 0 Å². The van der Waals surface area contributed by atoms with E-state index < -0.39 is 0 Å². The van der Waals surface area contributed by atoms with Crippen LogP contribution >= 0.6 is 0 Å². The van der Waals surface area contributed by atoms with Crippen LogP contribution in [-0.2, 0) is 11.2 Å². The lowest BCUT2D eigenvalue weighted by molar-refractivity contribution is 0.127. The van der Waals surface area contributed by atoms with Gasteiger partial charge in [-0.25, -0.2) is 0 Å². The summed E-state index contributed by atoms with van der Waals surface area (Å²) in [7, 11) is 0. The highest BCUT2D eigenvalue weighted by Gasteiger charge is 2.02. The summed E-state index contributed by atoms with van der Waals surface area (Å²) in [5, 5.41) is 0. The largest absolute Gasteiger partial charge is 0.494 e. The van der Waals surface area contributed by atoms with Crippen LogP contribution in [0.25, 0.3) is 11.3 Å². The van der Waals surface area contributed by atoms with Gasteiger partial charge in [0.1, 0.15) is 5.75 Å². The molecule has 1 heterocycles. The molecule has 0 bridgehead atoms. The fourth-order valence-corrected chi connectivity index (χ4v) is 4.18. The summed E-state index contributed by atoms with van der Waals surface area (Å²) < 4.78 is 11.7. The van der Waals surface area contributed by atoms with Crippen LogP contribution in [0.1, 0.15) is 109 Å². The van der Waals surface area contributed by atoms with Crippen LogP contribution in [0.5, 0.6) is 5.75 Å². The molecule has 0 spiro atoms. The molecule has 0 aliphatic carbocycles. The van der Waals surface area contributed by atoms with Crippen molar-refractivity contribution in [2.45, 2.75) is 110 Å². The highest BCUT2D eigenvalue weighted by molar-refractivity contribution is 5.60. The van der Waals surface area contributed by atoms with E-state index in [4.69, 9.17) is 9.47 Å². The molecule has 0 radical (unpaired) electrons. The van der Waals surface area contributed by atoms with Crippen molar-refractivity contribution in [3.63, 3.8) is 0 Å². The molecule has 0 aliphatic heterocycles. The predicted molar refractivity (Wildman–Crippen MR) is 146 cm³/mol. The van der Waals surface area contributed by atoms with E-state index in [1.54, 1.807) is 0 Å². The third kappa shape index (κ3) is 13.1. The van der Waals surface area contributed by atoms with Gasteiger partial charge in [0.2, 0.25) is 0 Å². The van der Waals surface area contributed by atoms with E-state index in [-0.39, 0.29) is 0 Å². The quantitative estimate of drug-likeness (QED) is 0.171. The van der Waals surface area contributed by atoms with Crippen molar-refractivity contribution in [2.75, 3.05) is 19.8 Å². The number of ether oxygens (including phenoxy) is 2. The molecule has 1 aromatic carbocycles. The minimum atomic E-state index is 0.808. The lowest BCUT2D eigenvalue weighted by atomic mass is 10.1. The Balaban J connectivity index is 1.56. The molecule has 0 saturated carbocycles. The maximum Gasteiger partial charge on any atom is 0.119 e. The average molecular weight is 468 g/mol. The Morgan fingerprint density at radius 1 is 0.588 bits per heavy atom. The Kier molecular flexibility index (Phi) is 16.2. The molecule has 0 amide bonds. The molecule has 0 N–H and O–H groups in total. The number of benzene rings is 1. The van der Waals surface area contributed by atoms with Crippen molar-refractivity contribution >= 4 is 0 Å². The van der Waals surface area contributed by atoms with Gasteiger partial charge in [-0.05, 0) is 61.6 Å². The van der Waals surface area contributed by atoms with E-state index in [1.165, 1.54) is 82.6 Å². The molecule has 0 atom stereocenters. The van der Waals surface area contributed by atoms with Gasteiger partial charge in [-0.1, -0.05) is 90.5 Å². The number of hydrogen-bond acceptors (Lipinski definition) is 3. The number of pyridine rings is 1. The number of aromatic nitrogens is 1. The normalized spacial score (nSPS) is 11.1. The minimum Gasteiger partial charge on any atom is -0.494 e. The first-order chi connectivity index (χ1) is 16.8. The summed E-state index contributed by atoms with van der Waals surface area (Å²) in [4.78, 5) is 4.68. The van der Waals surface area contributed by atoms with Crippen LogP contribution in [0, 0.1) is 0 Å². The van der Waals surface area contributed by atoms with Gasteiger partial charge in [0, 0.05) is 25.0 Å². The fourth-order valence-electron chi connectivity index (χ4n) is 4.18. The summed E-state index contributed by atoms with van der Waals surface area (Å²) in [6, 6.07) is 12.7. The van der Waals surface area contributed by atoms with E-state index in [9.17, 15) is 0 Å². The van der Waals surface area contributed by atoms with Gasteiger partial charge in [0.25, 0.3) is 0 Å². The van der Waals surface area contributed by atoms with Crippen molar-refractivity contribution in [3.8, 4) is 17.0 Å². The van der Waals surface area contributed by atoms with Gasteiger partial charge in [0.15, 0.2) is 0 Å². The lowest BCUT2D eigenvalue weighted by Gasteiger charge is -2.08. The zero-order valence-corrected chi connectivity index (χ0v) is 22.0. The van der Waals surface area contributed by atoms with Gasteiger partial charge in [-0.3, -0.25) is 4.98 Å². The number of hydrogen-bond donors (Lipinski definition) is 0. The second kappa shape index (κ2) is 19.4. The molecule has 2 aromatic rings. The Hall–Kier alpha value is -1.87. The fraction of sp³-hybridized carbons (Fsp3) is 0.645. The molecular weight excluding hydrogens is 418 g/mol. The monoisotopic (exact) mass is 467 g/mol. The van der Waals surface area contributed by atoms with E-state index in [2.05, 4.69) is 55.2 Å². The smallest absolute Gasteiger partial charge is 0.119 e. The van der Waals surface area contributed by atoms with Crippen LogP contribution in [-0.4, -0.2) is 24.8 Å². The summed E-state index contributed by atoms with van der Waals surface area (Å²) >= 11 is 0. The molecule has 0 aliphatic rings. The van der Waals surface area contributed by atoms with Crippen molar-refractivity contribution < 1.29 is 9.47 Å². The highest BCUT2D eigenvalue weighted by atomic mass is 16.5. The maximum absolute atomic E-state index is 5.91. The van der Waals surface area contributed by atoms with Crippen LogP contribution in [0.3, 0.4) is 0 Å². The summed E-state index contributed by atoms with van der Waals surface area (Å²) in [6.07, 6.45) is 21.2. The van der Waals surface area contributed by atoms with Crippen LogP contribution < -0.4 is 4.74 Å². The molecule has 0 saturated heterocycles. The SMILES string of the molecule is CCCCCCCCCOc1ccc(-c2ccc(CCCOCCCCCCCC)cn2)cc1. The minimum absolute atomic E-state index is 0.808. The summed E-state index contributed by atoms with van der Waals surface area (Å²) in [5.41, 5.74) is 3.43. The van der Waals surface area contributed by atoms with Crippen LogP contribution in [0.4, 0.5) is 0 Å². The maximum atomic E-state index is 5.91.